The number of ketones is 2. The maximum atomic E-state index is 13.2. The normalized spacial score (nSPS) is 28.9. The molecule has 1 heterocycles. The Hall–Kier alpha value is -1.87. The van der Waals surface area contributed by atoms with E-state index < -0.39 is 0 Å². The van der Waals surface area contributed by atoms with Crippen molar-refractivity contribution in [2.24, 2.45) is 16.7 Å². The van der Waals surface area contributed by atoms with Crippen LogP contribution in [0.15, 0.2) is 47.3 Å². The summed E-state index contributed by atoms with van der Waals surface area (Å²) in [4.78, 5) is 26.4. The van der Waals surface area contributed by atoms with Gasteiger partial charge in [-0.3, -0.25) is 9.59 Å². The summed E-state index contributed by atoms with van der Waals surface area (Å²) < 4.78 is 0. The number of benzene rings is 1. The van der Waals surface area contributed by atoms with Crippen LogP contribution in [0.5, 0.6) is 0 Å². The number of carbonyl (C=O) groups is 2. The van der Waals surface area contributed by atoms with Crippen LogP contribution < -0.4 is 5.32 Å². The zero-order chi connectivity index (χ0) is 19.6. The molecule has 2 atom stereocenters. The van der Waals surface area contributed by atoms with Crippen LogP contribution >= 0.6 is 11.6 Å². The second-order valence-corrected chi connectivity index (χ2v) is 10.1. The van der Waals surface area contributed by atoms with Crippen LogP contribution in [0.3, 0.4) is 0 Å². The second-order valence-electron chi connectivity index (χ2n) is 9.67. The summed E-state index contributed by atoms with van der Waals surface area (Å²) in [5, 5.41) is 4.12. The highest BCUT2D eigenvalue weighted by molar-refractivity contribution is 6.31. The highest BCUT2D eigenvalue weighted by Crippen LogP contribution is 2.52. The molecule has 2 unspecified atom stereocenters. The number of fused-ring (bicyclic) bond motifs is 1. The minimum Gasteiger partial charge on any atom is -0.362 e. The fourth-order valence-electron chi connectivity index (χ4n) is 4.98. The van der Waals surface area contributed by atoms with Crippen molar-refractivity contribution in [3.63, 3.8) is 0 Å². The SMILES string of the molecule is CC1(C)C=C2NC3=C(C(=O)CC(C)(C)C3)C(c3ccccc3Cl)C2C(=O)C1. The van der Waals surface area contributed by atoms with Gasteiger partial charge in [-0.1, -0.05) is 63.6 Å². The fourth-order valence-corrected chi connectivity index (χ4v) is 5.24. The quantitative estimate of drug-likeness (QED) is 0.727. The lowest BCUT2D eigenvalue weighted by Crippen LogP contribution is -2.46. The van der Waals surface area contributed by atoms with Gasteiger partial charge in [-0.25, -0.2) is 0 Å². The molecule has 142 valence electrons. The molecule has 1 aromatic rings. The minimum atomic E-state index is -0.359. The van der Waals surface area contributed by atoms with Gasteiger partial charge in [0.2, 0.25) is 0 Å². The van der Waals surface area contributed by atoms with Gasteiger partial charge in [0.25, 0.3) is 0 Å². The number of Topliss-reactive ketones (excluding diaryl/α,β-unsaturated/α-hetero) is 2. The molecule has 0 aromatic heterocycles. The monoisotopic (exact) mass is 383 g/mol. The number of nitrogens with one attached hydrogen (secondary N) is 1. The van der Waals surface area contributed by atoms with E-state index in [1.165, 1.54) is 0 Å². The molecule has 2 aliphatic carbocycles. The minimum absolute atomic E-state index is 0.0878. The van der Waals surface area contributed by atoms with Gasteiger partial charge in [0, 0.05) is 40.7 Å². The smallest absolute Gasteiger partial charge is 0.161 e. The van der Waals surface area contributed by atoms with Crippen molar-refractivity contribution >= 4 is 23.2 Å². The van der Waals surface area contributed by atoms with Crippen LogP contribution in [0, 0.1) is 16.7 Å². The van der Waals surface area contributed by atoms with Gasteiger partial charge in [0.1, 0.15) is 5.78 Å². The Morgan fingerprint density at radius 3 is 2.41 bits per heavy atom. The highest BCUT2D eigenvalue weighted by Gasteiger charge is 2.49. The van der Waals surface area contributed by atoms with Crippen LogP contribution in [-0.4, -0.2) is 11.6 Å². The summed E-state index contributed by atoms with van der Waals surface area (Å²) in [5.74, 6) is -0.343. The first kappa shape index (κ1) is 18.5. The Morgan fingerprint density at radius 1 is 1.00 bits per heavy atom. The third-order valence-electron chi connectivity index (χ3n) is 5.96. The summed E-state index contributed by atoms with van der Waals surface area (Å²) >= 11 is 6.54. The number of hydrogen-bond acceptors (Lipinski definition) is 3. The van der Waals surface area contributed by atoms with Gasteiger partial charge in [-0.2, -0.15) is 0 Å². The molecule has 0 saturated heterocycles. The van der Waals surface area contributed by atoms with Gasteiger partial charge in [0.15, 0.2) is 5.78 Å². The van der Waals surface area contributed by atoms with Crippen molar-refractivity contribution in [3.05, 3.63) is 57.9 Å². The molecule has 1 N–H and O–H groups in total. The number of rotatable bonds is 1. The maximum absolute atomic E-state index is 13.2. The predicted molar refractivity (Wildman–Crippen MR) is 107 cm³/mol. The van der Waals surface area contributed by atoms with Crippen molar-refractivity contribution in [3.8, 4) is 0 Å². The van der Waals surface area contributed by atoms with Crippen LogP contribution in [0.4, 0.5) is 0 Å². The van der Waals surface area contributed by atoms with E-state index in [4.69, 9.17) is 11.6 Å². The van der Waals surface area contributed by atoms with Gasteiger partial charge in [0.05, 0.1) is 5.92 Å². The van der Waals surface area contributed by atoms with E-state index in [0.29, 0.717) is 17.9 Å². The Balaban J connectivity index is 1.95. The summed E-state index contributed by atoms with van der Waals surface area (Å²) in [7, 11) is 0. The largest absolute Gasteiger partial charge is 0.362 e. The second kappa shape index (κ2) is 6.07. The Kier molecular flexibility index (Phi) is 4.15. The average molecular weight is 384 g/mol. The molecule has 0 bridgehead atoms. The molecule has 0 fully saturated rings. The van der Waals surface area contributed by atoms with Crippen molar-refractivity contribution in [1.82, 2.24) is 5.32 Å². The van der Waals surface area contributed by atoms with Gasteiger partial charge >= 0.3 is 0 Å². The number of halogens is 1. The standard InChI is InChI=1S/C23H26ClNO2/c1-22(2)9-15-20(17(26)11-22)19(13-7-5-6-8-14(13)24)21-16(25-15)10-23(3,4)12-18(21)27/h5-9,19-20,25H,10-12H2,1-4H3. The molecule has 4 rings (SSSR count). The molecule has 0 saturated carbocycles. The first-order valence-corrected chi connectivity index (χ1v) is 9.99. The zero-order valence-corrected chi connectivity index (χ0v) is 17.1. The third-order valence-corrected chi connectivity index (χ3v) is 6.30. The molecular weight excluding hydrogens is 358 g/mol. The number of hydrogen-bond donors (Lipinski definition) is 1. The first-order chi connectivity index (χ1) is 12.6. The van der Waals surface area contributed by atoms with E-state index >= 15 is 0 Å². The van der Waals surface area contributed by atoms with Crippen molar-refractivity contribution < 1.29 is 9.59 Å². The number of allylic oxidation sites excluding steroid dienone is 4. The molecule has 1 aliphatic heterocycles. The molecule has 4 heteroatoms. The topological polar surface area (TPSA) is 46.2 Å². The molecule has 0 radical (unpaired) electrons. The summed E-state index contributed by atoms with van der Waals surface area (Å²) in [6, 6.07) is 7.62. The lowest BCUT2D eigenvalue weighted by atomic mass is 9.62. The van der Waals surface area contributed by atoms with Crippen molar-refractivity contribution in [2.45, 2.75) is 52.9 Å². The molecule has 3 aliphatic rings. The third kappa shape index (κ3) is 3.16. The van der Waals surface area contributed by atoms with E-state index in [2.05, 4.69) is 39.1 Å². The van der Waals surface area contributed by atoms with Crippen molar-refractivity contribution in [2.75, 3.05) is 0 Å². The van der Waals surface area contributed by atoms with E-state index in [0.717, 1.165) is 29.0 Å². The zero-order valence-electron chi connectivity index (χ0n) is 16.4. The predicted octanol–water partition coefficient (Wildman–Crippen LogP) is 5.17. The molecule has 0 amide bonds. The van der Waals surface area contributed by atoms with Crippen LogP contribution in [0.25, 0.3) is 0 Å². The van der Waals surface area contributed by atoms with Crippen LogP contribution in [-0.2, 0) is 9.59 Å². The molecule has 27 heavy (non-hydrogen) atoms. The van der Waals surface area contributed by atoms with Crippen molar-refractivity contribution in [1.29, 1.82) is 0 Å². The molecule has 0 spiro atoms. The molecule has 3 nitrogen and oxygen atoms in total. The highest BCUT2D eigenvalue weighted by atomic mass is 35.5. The van der Waals surface area contributed by atoms with Crippen LogP contribution in [0.1, 0.15) is 58.4 Å². The summed E-state index contributed by atoms with van der Waals surface area (Å²) in [5.41, 5.74) is 3.27. The average Bonchev–Trinajstić information content (AvgIpc) is 2.51. The van der Waals surface area contributed by atoms with Gasteiger partial charge in [-0.15, -0.1) is 0 Å². The van der Waals surface area contributed by atoms with Gasteiger partial charge in [-0.05, 0) is 28.9 Å². The Bertz CT molecular complexity index is 907. The number of carbonyl (C=O) groups excluding carboxylic acids is 2. The van der Waals surface area contributed by atoms with E-state index in [9.17, 15) is 9.59 Å². The fraction of sp³-hybridized carbons (Fsp3) is 0.478. The Morgan fingerprint density at radius 2 is 1.70 bits per heavy atom. The van der Waals surface area contributed by atoms with E-state index in [1.807, 2.05) is 24.3 Å². The van der Waals surface area contributed by atoms with Gasteiger partial charge < -0.3 is 5.32 Å². The maximum Gasteiger partial charge on any atom is 0.161 e. The first-order valence-electron chi connectivity index (χ1n) is 9.61. The molecular formula is C23H26ClNO2. The Labute approximate surface area is 165 Å². The summed E-state index contributed by atoms with van der Waals surface area (Å²) in [6.45, 7) is 8.41. The lowest BCUT2D eigenvalue weighted by molar-refractivity contribution is -0.125. The summed E-state index contributed by atoms with van der Waals surface area (Å²) in [6.07, 6.45) is 3.96. The molecule has 1 aromatic carbocycles. The van der Waals surface area contributed by atoms with Crippen LogP contribution in [0.2, 0.25) is 5.02 Å². The lowest BCUT2D eigenvalue weighted by Gasteiger charge is -2.45. The van der Waals surface area contributed by atoms with E-state index in [1.54, 1.807) is 0 Å². The van der Waals surface area contributed by atoms with E-state index in [-0.39, 0.29) is 34.2 Å².